The third-order valence-corrected chi connectivity index (χ3v) is 1.83. The molecule has 0 aromatic rings. The number of carbonyl (C=O) groups is 1. The van der Waals surface area contributed by atoms with Gasteiger partial charge >= 0.3 is 0 Å². The van der Waals surface area contributed by atoms with Crippen LogP contribution < -0.4 is 5.73 Å². The molecule has 0 aliphatic rings. The molecule has 0 spiro atoms. The van der Waals surface area contributed by atoms with Gasteiger partial charge in [0.05, 0.1) is 0 Å². The summed E-state index contributed by atoms with van der Waals surface area (Å²) >= 11 is 0. The zero-order chi connectivity index (χ0) is 9.40. The van der Waals surface area contributed by atoms with Crippen LogP contribution in [0.1, 0.15) is 32.6 Å². The molecule has 0 bridgehead atoms. The van der Waals surface area contributed by atoms with Gasteiger partial charge in [-0.1, -0.05) is 6.92 Å². The van der Waals surface area contributed by atoms with Crippen LogP contribution in [0.25, 0.3) is 0 Å². The summed E-state index contributed by atoms with van der Waals surface area (Å²) in [4.78, 5) is 13.1. The molecule has 0 atom stereocenters. The van der Waals surface area contributed by atoms with E-state index >= 15 is 0 Å². The van der Waals surface area contributed by atoms with E-state index in [2.05, 4.69) is 6.92 Å². The highest BCUT2D eigenvalue weighted by Gasteiger charge is 2.05. The second-order valence-corrected chi connectivity index (χ2v) is 3.06. The zero-order valence-corrected chi connectivity index (χ0v) is 8.18. The van der Waals surface area contributed by atoms with Crippen molar-refractivity contribution in [2.75, 3.05) is 20.1 Å². The molecule has 2 N–H and O–H groups in total. The Morgan fingerprint density at radius 1 is 1.42 bits per heavy atom. The predicted molar refractivity (Wildman–Crippen MR) is 50.8 cm³/mol. The molecular weight excluding hydrogens is 152 g/mol. The monoisotopic (exact) mass is 172 g/mol. The van der Waals surface area contributed by atoms with Gasteiger partial charge in [0.2, 0.25) is 5.91 Å². The second kappa shape index (κ2) is 7.10. The number of unbranched alkanes of at least 4 members (excludes halogenated alkanes) is 1. The number of hydrogen-bond acceptors (Lipinski definition) is 2. The summed E-state index contributed by atoms with van der Waals surface area (Å²) in [7, 11) is 1.86. The lowest BCUT2D eigenvalue weighted by molar-refractivity contribution is -0.130. The molecule has 0 aromatic carbocycles. The van der Waals surface area contributed by atoms with Crippen LogP contribution in [-0.2, 0) is 4.79 Å². The molecular formula is C9H20N2O. The van der Waals surface area contributed by atoms with Crippen molar-refractivity contribution in [1.82, 2.24) is 4.90 Å². The van der Waals surface area contributed by atoms with Crippen LogP contribution in [0.5, 0.6) is 0 Å². The Morgan fingerprint density at radius 3 is 2.58 bits per heavy atom. The van der Waals surface area contributed by atoms with Crippen molar-refractivity contribution in [2.24, 2.45) is 5.73 Å². The Hall–Kier alpha value is -0.570. The highest BCUT2D eigenvalue weighted by atomic mass is 16.2. The number of amides is 1. The normalized spacial score (nSPS) is 9.92. The fourth-order valence-corrected chi connectivity index (χ4v) is 1.07. The van der Waals surface area contributed by atoms with Crippen molar-refractivity contribution < 1.29 is 4.79 Å². The lowest BCUT2D eigenvalue weighted by Gasteiger charge is -2.15. The molecule has 3 nitrogen and oxygen atoms in total. The molecule has 0 saturated carbocycles. The smallest absolute Gasteiger partial charge is 0.222 e. The fourth-order valence-electron chi connectivity index (χ4n) is 1.07. The third-order valence-electron chi connectivity index (χ3n) is 1.83. The number of rotatable bonds is 6. The molecule has 0 aliphatic carbocycles. The predicted octanol–water partition coefficient (Wildman–Crippen LogP) is 0.984. The number of carbonyl (C=O) groups excluding carboxylic acids is 1. The Bertz CT molecular complexity index is 126. The molecule has 12 heavy (non-hydrogen) atoms. The Morgan fingerprint density at radius 2 is 2.08 bits per heavy atom. The fraction of sp³-hybridized carbons (Fsp3) is 0.889. The lowest BCUT2D eigenvalue weighted by Crippen LogP contribution is -2.27. The van der Waals surface area contributed by atoms with Crippen LogP contribution in [0.2, 0.25) is 0 Å². The van der Waals surface area contributed by atoms with E-state index < -0.39 is 0 Å². The minimum atomic E-state index is 0.241. The van der Waals surface area contributed by atoms with E-state index in [1.54, 1.807) is 4.90 Å². The minimum absolute atomic E-state index is 0.241. The largest absolute Gasteiger partial charge is 0.346 e. The van der Waals surface area contributed by atoms with E-state index in [-0.39, 0.29) is 5.91 Å². The van der Waals surface area contributed by atoms with Crippen LogP contribution in [0.3, 0.4) is 0 Å². The average molecular weight is 172 g/mol. The minimum Gasteiger partial charge on any atom is -0.346 e. The summed E-state index contributed by atoms with van der Waals surface area (Å²) in [6.07, 6.45) is 3.54. The molecule has 0 rings (SSSR count). The molecule has 72 valence electrons. The number of nitrogens with zero attached hydrogens (tertiary/aromatic N) is 1. The van der Waals surface area contributed by atoms with Crippen LogP contribution in [-0.4, -0.2) is 30.9 Å². The Labute approximate surface area is 74.9 Å². The van der Waals surface area contributed by atoms with E-state index in [9.17, 15) is 4.79 Å². The van der Waals surface area contributed by atoms with Crippen LogP contribution in [0, 0.1) is 0 Å². The molecule has 0 aromatic heterocycles. The first kappa shape index (κ1) is 11.4. The van der Waals surface area contributed by atoms with Crippen molar-refractivity contribution in [3.63, 3.8) is 0 Å². The first-order valence-corrected chi connectivity index (χ1v) is 4.66. The Kier molecular flexibility index (Phi) is 6.76. The zero-order valence-electron chi connectivity index (χ0n) is 8.18. The SMILES string of the molecule is CCCN(C)C(=O)CCCCN. The maximum Gasteiger partial charge on any atom is 0.222 e. The number of hydrogen-bond donors (Lipinski definition) is 1. The van der Waals surface area contributed by atoms with Crippen LogP contribution >= 0.6 is 0 Å². The highest BCUT2D eigenvalue weighted by molar-refractivity contribution is 5.75. The van der Waals surface area contributed by atoms with Gasteiger partial charge in [0.15, 0.2) is 0 Å². The van der Waals surface area contributed by atoms with Gasteiger partial charge in [0.25, 0.3) is 0 Å². The number of nitrogens with two attached hydrogens (primary N) is 1. The lowest BCUT2D eigenvalue weighted by atomic mass is 10.2. The van der Waals surface area contributed by atoms with Gasteiger partial charge < -0.3 is 10.6 Å². The maximum atomic E-state index is 11.3. The molecule has 0 heterocycles. The Balaban J connectivity index is 3.43. The molecule has 0 aliphatic heterocycles. The van der Waals surface area contributed by atoms with Gasteiger partial charge in [-0.05, 0) is 25.8 Å². The molecule has 0 radical (unpaired) electrons. The van der Waals surface area contributed by atoms with Crippen molar-refractivity contribution in [3.8, 4) is 0 Å². The van der Waals surface area contributed by atoms with Crippen LogP contribution in [0.15, 0.2) is 0 Å². The summed E-state index contributed by atoms with van der Waals surface area (Å²) in [5, 5.41) is 0. The van der Waals surface area contributed by atoms with Crippen molar-refractivity contribution in [1.29, 1.82) is 0 Å². The maximum absolute atomic E-state index is 11.3. The molecule has 3 heteroatoms. The van der Waals surface area contributed by atoms with Gasteiger partial charge in [-0.3, -0.25) is 4.79 Å². The van der Waals surface area contributed by atoms with Crippen molar-refractivity contribution in [2.45, 2.75) is 32.6 Å². The summed E-state index contributed by atoms with van der Waals surface area (Å²) in [5.41, 5.74) is 5.32. The van der Waals surface area contributed by atoms with Gasteiger partial charge in [0, 0.05) is 20.0 Å². The molecule has 0 unspecified atom stereocenters. The summed E-state index contributed by atoms with van der Waals surface area (Å²) < 4.78 is 0. The average Bonchev–Trinajstić information content (AvgIpc) is 2.05. The molecule has 0 fully saturated rings. The van der Waals surface area contributed by atoms with Gasteiger partial charge in [-0.2, -0.15) is 0 Å². The van der Waals surface area contributed by atoms with E-state index in [4.69, 9.17) is 5.73 Å². The first-order valence-electron chi connectivity index (χ1n) is 4.66. The van der Waals surface area contributed by atoms with E-state index in [0.29, 0.717) is 13.0 Å². The standard InChI is InChI=1S/C9H20N2O/c1-3-8-11(2)9(12)6-4-5-7-10/h3-8,10H2,1-2H3. The first-order chi connectivity index (χ1) is 5.72. The topological polar surface area (TPSA) is 46.3 Å². The summed E-state index contributed by atoms with van der Waals surface area (Å²) in [6, 6.07) is 0. The van der Waals surface area contributed by atoms with Crippen molar-refractivity contribution >= 4 is 5.91 Å². The van der Waals surface area contributed by atoms with Crippen molar-refractivity contribution in [3.05, 3.63) is 0 Å². The van der Waals surface area contributed by atoms with Gasteiger partial charge in [0.1, 0.15) is 0 Å². The van der Waals surface area contributed by atoms with Gasteiger partial charge in [-0.15, -0.1) is 0 Å². The summed E-state index contributed by atoms with van der Waals surface area (Å²) in [5.74, 6) is 0.241. The molecule has 0 saturated heterocycles. The second-order valence-electron chi connectivity index (χ2n) is 3.06. The summed E-state index contributed by atoms with van der Waals surface area (Å²) in [6.45, 7) is 3.62. The highest BCUT2D eigenvalue weighted by Crippen LogP contribution is 1.98. The molecule has 1 amide bonds. The quantitative estimate of drug-likeness (QED) is 0.607. The van der Waals surface area contributed by atoms with Crippen LogP contribution in [0.4, 0.5) is 0 Å². The van der Waals surface area contributed by atoms with E-state index in [1.807, 2.05) is 7.05 Å². The van der Waals surface area contributed by atoms with Gasteiger partial charge in [-0.25, -0.2) is 0 Å². The van der Waals surface area contributed by atoms with E-state index in [0.717, 1.165) is 25.8 Å². The van der Waals surface area contributed by atoms with E-state index in [1.165, 1.54) is 0 Å². The third kappa shape index (κ3) is 5.13.